The maximum Gasteiger partial charge on any atom is 0.230 e. The van der Waals surface area contributed by atoms with Crippen LogP contribution in [0.5, 0.6) is 0 Å². The zero-order chi connectivity index (χ0) is 23.2. The summed E-state index contributed by atoms with van der Waals surface area (Å²) in [7, 11) is 0. The van der Waals surface area contributed by atoms with Crippen molar-refractivity contribution >= 4 is 34.7 Å². The summed E-state index contributed by atoms with van der Waals surface area (Å²) in [5, 5.41) is 4.19. The van der Waals surface area contributed by atoms with Gasteiger partial charge in [0.15, 0.2) is 10.9 Å². The number of carbonyl (C=O) groups is 2. The molecule has 2 aromatic carbocycles. The van der Waals surface area contributed by atoms with E-state index in [0.29, 0.717) is 6.42 Å². The van der Waals surface area contributed by atoms with Crippen LogP contribution in [0.25, 0.3) is 0 Å². The van der Waals surface area contributed by atoms with Gasteiger partial charge in [-0.3, -0.25) is 9.59 Å². The molecule has 0 saturated carbocycles. The third-order valence-electron chi connectivity index (χ3n) is 7.66. The van der Waals surface area contributed by atoms with Crippen molar-refractivity contribution in [1.29, 1.82) is 0 Å². The lowest BCUT2D eigenvalue weighted by Crippen LogP contribution is -2.46. The molecule has 2 saturated heterocycles. The van der Waals surface area contributed by atoms with Crippen LogP contribution < -0.4 is 5.32 Å². The maximum atomic E-state index is 13.3. The molecule has 2 aromatic rings. The number of amides is 1. The smallest absolute Gasteiger partial charge is 0.230 e. The van der Waals surface area contributed by atoms with Gasteiger partial charge in [-0.15, -0.1) is 0 Å². The van der Waals surface area contributed by atoms with Crippen molar-refractivity contribution in [2.75, 3.05) is 31.5 Å². The van der Waals surface area contributed by atoms with Gasteiger partial charge >= 0.3 is 0 Å². The predicted molar refractivity (Wildman–Crippen MR) is 135 cm³/mol. The summed E-state index contributed by atoms with van der Waals surface area (Å²) in [6, 6.07) is 14.0. The molecule has 33 heavy (non-hydrogen) atoms. The molecular formula is C27H31N3O2S. The van der Waals surface area contributed by atoms with Gasteiger partial charge in [-0.25, -0.2) is 0 Å². The Balaban J connectivity index is 1.19. The first kappa shape index (κ1) is 22.1. The minimum absolute atomic E-state index is 0.0935. The number of rotatable bonds is 2. The molecule has 1 unspecified atom stereocenters. The van der Waals surface area contributed by atoms with Crippen molar-refractivity contribution in [2.24, 2.45) is 5.41 Å². The molecule has 5 nitrogen and oxygen atoms in total. The number of hydrogen-bond donors (Lipinski definition) is 1. The molecule has 5 rings (SSSR count). The van der Waals surface area contributed by atoms with Crippen molar-refractivity contribution in [3.63, 3.8) is 0 Å². The number of nitrogens with zero attached hydrogens (tertiary/aromatic N) is 2. The molecule has 2 aliphatic heterocycles. The first-order valence-electron chi connectivity index (χ1n) is 11.9. The van der Waals surface area contributed by atoms with Gasteiger partial charge in [-0.1, -0.05) is 30.3 Å². The van der Waals surface area contributed by atoms with E-state index in [9.17, 15) is 9.59 Å². The highest BCUT2D eigenvalue weighted by molar-refractivity contribution is 7.80. The van der Waals surface area contributed by atoms with Crippen LogP contribution in [0, 0.1) is 19.3 Å². The Labute approximate surface area is 201 Å². The molecule has 6 heteroatoms. The van der Waals surface area contributed by atoms with Gasteiger partial charge < -0.3 is 15.1 Å². The lowest BCUT2D eigenvalue weighted by atomic mass is 9.78. The number of anilines is 1. The minimum atomic E-state index is -0.307. The lowest BCUT2D eigenvalue weighted by molar-refractivity contribution is -0.132. The summed E-state index contributed by atoms with van der Waals surface area (Å²) < 4.78 is 0. The topological polar surface area (TPSA) is 52.6 Å². The maximum absolute atomic E-state index is 13.3. The van der Waals surface area contributed by atoms with Gasteiger partial charge in [0.25, 0.3) is 0 Å². The third-order valence-corrected chi connectivity index (χ3v) is 8.02. The summed E-state index contributed by atoms with van der Waals surface area (Å²) in [6.45, 7) is 7.59. The Morgan fingerprint density at radius 2 is 1.64 bits per heavy atom. The Bertz CT molecular complexity index is 1100. The summed E-state index contributed by atoms with van der Waals surface area (Å²) in [4.78, 5) is 30.0. The highest BCUT2D eigenvalue weighted by Crippen LogP contribution is 2.43. The minimum Gasteiger partial charge on any atom is -0.349 e. The lowest BCUT2D eigenvalue weighted by Gasteiger charge is -2.40. The van der Waals surface area contributed by atoms with Gasteiger partial charge in [0.2, 0.25) is 5.91 Å². The number of thiocarbonyl (C=S) groups is 1. The van der Waals surface area contributed by atoms with Gasteiger partial charge in [0.1, 0.15) is 0 Å². The normalized spacial score (nSPS) is 21.4. The number of nitrogens with one attached hydrogen (secondary N) is 1. The van der Waals surface area contributed by atoms with Crippen LogP contribution >= 0.6 is 12.2 Å². The molecular weight excluding hydrogens is 430 g/mol. The van der Waals surface area contributed by atoms with Gasteiger partial charge in [-0.2, -0.15) is 0 Å². The fourth-order valence-corrected chi connectivity index (χ4v) is 6.17. The van der Waals surface area contributed by atoms with E-state index in [-0.39, 0.29) is 23.0 Å². The van der Waals surface area contributed by atoms with E-state index in [2.05, 4.69) is 42.3 Å². The number of hydrogen-bond acceptors (Lipinski definition) is 3. The zero-order valence-corrected chi connectivity index (χ0v) is 20.2. The van der Waals surface area contributed by atoms with E-state index in [1.165, 1.54) is 11.1 Å². The van der Waals surface area contributed by atoms with Crippen LogP contribution in [0.15, 0.2) is 42.5 Å². The summed E-state index contributed by atoms with van der Waals surface area (Å²) in [6.07, 6.45) is 3.41. The van der Waals surface area contributed by atoms with E-state index >= 15 is 0 Å². The predicted octanol–water partition coefficient (Wildman–Crippen LogP) is 4.68. The second-order valence-electron chi connectivity index (χ2n) is 10.1. The average Bonchev–Trinajstić information content (AvgIpc) is 3.35. The third kappa shape index (κ3) is 4.29. The summed E-state index contributed by atoms with van der Waals surface area (Å²) >= 11 is 5.71. The van der Waals surface area contributed by atoms with Crippen LogP contribution in [0.1, 0.15) is 58.6 Å². The average molecular weight is 462 g/mol. The van der Waals surface area contributed by atoms with E-state index in [1.54, 1.807) is 0 Å². The zero-order valence-electron chi connectivity index (χ0n) is 19.4. The molecule has 1 aliphatic carbocycles. The molecule has 2 fully saturated rings. The first-order chi connectivity index (χ1) is 15.8. The van der Waals surface area contributed by atoms with E-state index in [0.717, 1.165) is 67.4 Å². The van der Waals surface area contributed by atoms with Crippen LogP contribution in [-0.4, -0.2) is 52.8 Å². The second kappa shape index (κ2) is 8.56. The summed E-state index contributed by atoms with van der Waals surface area (Å²) in [5.41, 5.74) is 5.29. The molecule has 1 atom stereocenters. The van der Waals surface area contributed by atoms with Crippen LogP contribution in [0.3, 0.4) is 0 Å². The molecule has 172 valence electrons. The molecule has 0 bridgehead atoms. The molecule has 0 aromatic heterocycles. The molecule has 0 radical (unpaired) electrons. The molecule has 1 N–H and O–H groups in total. The van der Waals surface area contributed by atoms with E-state index in [1.807, 2.05) is 29.2 Å². The highest BCUT2D eigenvalue weighted by atomic mass is 32.1. The van der Waals surface area contributed by atoms with Gasteiger partial charge in [0, 0.05) is 43.9 Å². The number of piperidine rings is 1. The largest absolute Gasteiger partial charge is 0.349 e. The number of Topliss-reactive ketones (excluding diaryl/α,β-unsaturated/α-hetero) is 1. The number of fused-ring (bicyclic) bond motifs is 1. The quantitative estimate of drug-likeness (QED) is 0.658. The summed E-state index contributed by atoms with van der Waals surface area (Å²) in [5.74, 6) is -0.0888. The van der Waals surface area contributed by atoms with Crippen molar-refractivity contribution in [3.05, 3.63) is 64.7 Å². The number of likely N-dealkylation sites (tertiary alicyclic amines) is 2. The molecule has 1 spiro atoms. The number of aryl methyl sites for hydroxylation is 2. The molecule has 3 aliphatic rings. The Morgan fingerprint density at radius 1 is 1.00 bits per heavy atom. The van der Waals surface area contributed by atoms with Gasteiger partial charge in [-0.05, 0) is 79.6 Å². The number of carbonyl (C=O) groups excluding carboxylic acids is 2. The Kier molecular flexibility index (Phi) is 5.73. The SMILES string of the molecule is Cc1cc(C)cc(NC(=S)N2CCC3(CCN(C(=O)C4CC(=O)c5ccccc54)C3)CC2)c1. The standard InChI is InChI=1S/C27H31N3O2S/c1-18-13-19(2)15-20(14-18)28-26(33)29-10-7-27(8-11-29)9-12-30(17-27)25(32)23-16-24(31)22-6-4-3-5-21(22)23/h3-6,13-15,23H,7-12,16-17H2,1-2H3,(H,28,33). The highest BCUT2D eigenvalue weighted by Gasteiger charge is 2.45. The fourth-order valence-electron chi connectivity index (χ4n) is 5.87. The van der Waals surface area contributed by atoms with Crippen LogP contribution in [-0.2, 0) is 4.79 Å². The molecule has 2 heterocycles. The van der Waals surface area contributed by atoms with Gasteiger partial charge in [0.05, 0.1) is 5.92 Å². The second-order valence-corrected chi connectivity index (χ2v) is 10.5. The number of benzene rings is 2. The monoisotopic (exact) mass is 461 g/mol. The number of ketones is 1. The first-order valence-corrected chi connectivity index (χ1v) is 12.3. The van der Waals surface area contributed by atoms with Crippen LogP contribution in [0.2, 0.25) is 0 Å². The van der Waals surface area contributed by atoms with E-state index in [4.69, 9.17) is 12.2 Å². The van der Waals surface area contributed by atoms with Crippen molar-refractivity contribution in [3.8, 4) is 0 Å². The Morgan fingerprint density at radius 3 is 2.33 bits per heavy atom. The van der Waals surface area contributed by atoms with Crippen LogP contribution in [0.4, 0.5) is 5.69 Å². The Hall–Kier alpha value is -2.73. The fraction of sp³-hybridized carbons (Fsp3) is 0.444. The van der Waals surface area contributed by atoms with Crippen molar-refractivity contribution in [1.82, 2.24) is 9.80 Å². The van der Waals surface area contributed by atoms with Crippen molar-refractivity contribution in [2.45, 2.75) is 45.4 Å². The van der Waals surface area contributed by atoms with E-state index < -0.39 is 0 Å². The molecule has 1 amide bonds. The van der Waals surface area contributed by atoms with Crippen molar-refractivity contribution < 1.29 is 9.59 Å².